The zero-order valence-electron chi connectivity index (χ0n) is 24.1. The van der Waals surface area contributed by atoms with Crippen LogP contribution in [0.1, 0.15) is 43.2 Å². The van der Waals surface area contributed by atoms with E-state index in [2.05, 4.69) is 5.32 Å². The number of hydrogen-bond acceptors (Lipinski definition) is 6. The molecule has 2 amide bonds. The smallest absolute Gasteiger partial charge is 0.261 e. The quantitative estimate of drug-likeness (QED) is 0.310. The van der Waals surface area contributed by atoms with Gasteiger partial charge in [-0.25, -0.2) is 0 Å². The van der Waals surface area contributed by atoms with Crippen LogP contribution in [0.4, 0.5) is 0 Å². The molecule has 218 valence electrons. The fourth-order valence-corrected chi connectivity index (χ4v) is 5.16. The third-order valence-corrected chi connectivity index (χ3v) is 7.40. The topological polar surface area (TPSA) is 86.3 Å². The van der Waals surface area contributed by atoms with Crippen molar-refractivity contribution in [3.63, 3.8) is 0 Å². The fourth-order valence-electron chi connectivity index (χ4n) is 5.16. The van der Waals surface area contributed by atoms with Gasteiger partial charge in [0, 0.05) is 37.2 Å². The monoisotopic (exact) mass is 560 g/mol. The van der Waals surface area contributed by atoms with Gasteiger partial charge in [-0.15, -0.1) is 0 Å². The van der Waals surface area contributed by atoms with E-state index in [4.69, 9.17) is 18.9 Å². The molecule has 3 aromatic carbocycles. The lowest BCUT2D eigenvalue weighted by Crippen LogP contribution is -2.53. The molecule has 1 fully saturated rings. The molecule has 1 aliphatic rings. The van der Waals surface area contributed by atoms with Crippen LogP contribution < -0.4 is 24.3 Å². The van der Waals surface area contributed by atoms with Crippen molar-refractivity contribution < 1.29 is 28.5 Å². The summed E-state index contributed by atoms with van der Waals surface area (Å²) < 4.78 is 22.0. The molecular formula is C33H40N2O6. The van der Waals surface area contributed by atoms with Crippen LogP contribution in [0, 0.1) is 0 Å². The van der Waals surface area contributed by atoms with Gasteiger partial charge in [-0.3, -0.25) is 9.59 Å². The highest BCUT2D eigenvalue weighted by molar-refractivity contribution is 5.88. The molecular weight excluding hydrogens is 520 g/mol. The van der Waals surface area contributed by atoms with E-state index in [-0.39, 0.29) is 31.0 Å². The van der Waals surface area contributed by atoms with E-state index < -0.39 is 6.04 Å². The average molecular weight is 561 g/mol. The van der Waals surface area contributed by atoms with E-state index in [0.29, 0.717) is 29.4 Å². The second kappa shape index (κ2) is 15.0. The van der Waals surface area contributed by atoms with Gasteiger partial charge >= 0.3 is 0 Å². The van der Waals surface area contributed by atoms with Gasteiger partial charge in [-0.2, -0.15) is 0 Å². The maximum atomic E-state index is 13.9. The Hall–Kier alpha value is -4.20. The summed E-state index contributed by atoms with van der Waals surface area (Å²) in [5, 5.41) is 3.26. The van der Waals surface area contributed by atoms with Crippen molar-refractivity contribution in [1.29, 1.82) is 0 Å². The van der Waals surface area contributed by atoms with Crippen molar-refractivity contribution >= 4 is 11.8 Å². The summed E-state index contributed by atoms with van der Waals surface area (Å²) in [4.78, 5) is 29.5. The molecule has 0 spiro atoms. The number of nitrogens with one attached hydrogen (secondary N) is 1. The van der Waals surface area contributed by atoms with Crippen LogP contribution in [0.25, 0.3) is 0 Å². The highest BCUT2D eigenvalue weighted by atomic mass is 16.5. The number of amides is 2. The van der Waals surface area contributed by atoms with Gasteiger partial charge in [0.2, 0.25) is 5.91 Å². The first-order valence-corrected chi connectivity index (χ1v) is 14.1. The molecule has 1 saturated carbocycles. The first-order chi connectivity index (χ1) is 20.0. The predicted molar refractivity (Wildman–Crippen MR) is 158 cm³/mol. The number of methoxy groups -OCH3 is 3. The maximum absolute atomic E-state index is 13.9. The summed E-state index contributed by atoms with van der Waals surface area (Å²) in [5.74, 6) is 1.75. The largest absolute Gasteiger partial charge is 0.497 e. The van der Waals surface area contributed by atoms with Crippen molar-refractivity contribution in [1.82, 2.24) is 10.2 Å². The predicted octanol–water partition coefficient (Wildman–Crippen LogP) is 5.18. The van der Waals surface area contributed by atoms with Crippen molar-refractivity contribution in [2.45, 2.75) is 57.2 Å². The van der Waals surface area contributed by atoms with E-state index >= 15 is 0 Å². The molecule has 0 aromatic heterocycles. The molecule has 0 aliphatic heterocycles. The Bertz CT molecular complexity index is 1250. The van der Waals surface area contributed by atoms with Crippen molar-refractivity contribution in [3.8, 4) is 23.0 Å². The number of hydrogen-bond donors (Lipinski definition) is 1. The summed E-state index contributed by atoms with van der Waals surface area (Å²) >= 11 is 0. The summed E-state index contributed by atoms with van der Waals surface area (Å²) in [6.45, 7) is -0.0430. The third-order valence-electron chi connectivity index (χ3n) is 7.40. The van der Waals surface area contributed by atoms with Crippen molar-refractivity contribution in [3.05, 3.63) is 83.9 Å². The Morgan fingerprint density at radius 1 is 0.780 bits per heavy atom. The third kappa shape index (κ3) is 8.64. The minimum atomic E-state index is -0.735. The molecule has 3 aromatic rings. The van der Waals surface area contributed by atoms with E-state index in [1.807, 2.05) is 54.6 Å². The summed E-state index contributed by atoms with van der Waals surface area (Å²) in [6, 6.07) is 21.8. The lowest BCUT2D eigenvalue weighted by atomic mass is 9.94. The van der Waals surface area contributed by atoms with Crippen LogP contribution in [0.5, 0.6) is 23.0 Å². The first-order valence-electron chi connectivity index (χ1n) is 14.1. The van der Waals surface area contributed by atoms with Gasteiger partial charge in [0.05, 0.1) is 21.3 Å². The first kappa shape index (κ1) is 29.8. The number of carbonyl (C=O) groups is 2. The molecule has 8 heteroatoms. The Balaban J connectivity index is 1.63. The molecule has 8 nitrogen and oxygen atoms in total. The number of rotatable bonds is 13. The molecule has 1 aliphatic carbocycles. The van der Waals surface area contributed by atoms with Gasteiger partial charge in [0.1, 0.15) is 29.0 Å². The number of carbonyl (C=O) groups excluding carboxylic acids is 2. The summed E-state index contributed by atoms with van der Waals surface area (Å²) in [5.41, 5.74) is 1.82. The van der Waals surface area contributed by atoms with Gasteiger partial charge in [-0.05, 0) is 36.1 Å². The molecule has 0 bridgehead atoms. The minimum absolute atomic E-state index is 0.115. The van der Waals surface area contributed by atoms with Gasteiger partial charge < -0.3 is 29.2 Å². The maximum Gasteiger partial charge on any atom is 0.261 e. The normalized spacial score (nSPS) is 14.0. The molecule has 4 rings (SSSR count). The van der Waals surface area contributed by atoms with Crippen molar-refractivity contribution in [2.24, 2.45) is 0 Å². The molecule has 0 heterocycles. The standard InChI is InChI=1S/C33H40N2O6/c1-38-27-16-10-13-25(17-27)22-35(32(36)23-41-30-20-28(39-2)19-29(21-30)40-3)31(18-24-11-6-4-7-12-24)33(37)34-26-14-8-5-9-15-26/h4,6-7,10-13,16-17,19-21,26,31H,5,8-9,14-15,18,22-23H2,1-3H3,(H,34,37)/t31-/m1/s1. The number of ether oxygens (including phenoxy) is 4. The highest BCUT2D eigenvalue weighted by Crippen LogP contribution is 2.28. The SMILES string of the molecule is COc1cccc(CN(C(=O)COc2cc(OC)cc(OC)c2)[C@H](Cc2ccccc2)C(=O)NC2CCCCC2)c1. The minimum Gasteiger partial charge on any atom is -0.497 e. The summed E-state index contributed by atoms with van der Waals surface area (Å²) in [6.07, 6.45) is 5.66. The van der Waals surface area contributed by atoms with Crippen molar-refractivity contribution in [2.75, 3.05) is 27.9 Å². The Morgan fingerprint density at radius 3 is 2.07 bits per heavy atom. The summed E-state index contributed by atoms with van der Waals surface area (Å²) in [7, 11) is 4.71. The van der Waals surface area contributed by atoms with Crippen LogP contribution in [-0.4, -0.2) is 56.7 Å². The molecule has 0 saturated heterocycles. The average Bonchev–Trinajstić information content (AvgIpc) is 3.02. The van der Waals surface area contributed by atoms with Crippen LogP contribution >= 0.6 is 0 Å². The number of nitrogens with zero attached hydrogens (tertiary/aromatic N) is 1. The molecule has 1 N–H and O–H groups in total. The molecule has 1 atom stereocenters. The Labute approximate surface area is 242 Å². The second-order valence-electron chi connectivity index (χ2n) is 10.3. The van der Waals surface area contributed by atoms with Crippen LogP contribution in [0.3, 0.4) is 0 Å². The van der Waals surface area contributed by atoms with Crippen LogP contribution in [0.15, 0.2) is 72.8 Å². The highest BCUT2D eigenvalue weighted by Gasteiger charge is 2.32. The molecule has 41 heavy (non-hydrogen) atoms. The number of benzene rings is 3. The zero-order valence-corrected chi connectivity index (χ0v) is 24.1. The lowest BCUT2D eigenvalue weighted by molar-refractivity contribution is -0.143. The van der Waals surface area contributed by atoms with E-state index in [1.165, 1.54) is 6.42 Å². The molecule has 0 radical (unpaired) electrons. The fraction of sp³-hybridized carbons (Fsp3) is 0.394. The molecule has 0 unspecified atom stereocenters. The second-order valence-corrected chi connectivity index (χ2v) is 10.3. The lowest BCUT2D eigenvalue weighted by Gasteiger charge is -2.33. The van der Waals surface area contributed by atoms with E-state index in [9.17, 15) is 9.59 Å². The van der Waals surface area contributed by atoms with Gasteiger partial charge in [-0.1, -0.05) is 61.7 Å². The van der Waals surface area contributed by atoms with E-state index in [1.54, 1.807) is 44.4 Å². The van der Waals surface area contributed by atoms with Crippen LogP contribution in [-0.2, 0) is 22.6 Å². The zero-order chi connectivity index (χ0) is 29.0. The van der Waals surface area contributed by atoms with Gasteiger partial charge in [0.25, 0.3) is 5.91 Å². The van der Waals surface area contributed by atoms with Crippen LogP contribution in [0.2, 0.25) is 0 Å². The Kier molecular flexibility index (Phi) is 10.9. The Morgan fingerprint density at radius 2 is 1.41 bits per heavy atom. The van der Waals surface area contributed by atoms with E-state index in [0.717, 1.165) is 36.8 Å². The van der Waals surface area contributed by atoms with Gasteiger partial charge in [0.15, 0.2) is 6.61 Å².